The summed E-state index contributed by atoms with van der Waals surface area (Å²) in [7, 11) is 1.64. The molecule has 1 N–H and O–H groups in total. The van der Waals surface area contributed by atoms with Crippen molar-refractivity contribution in [1.82, 2.24) is 0 Å². The molecule has 1 aromatic carbocycles. The van der Waals surface area contributed by atoms with E-state index in [-0.39, 0.29) is 0 Å². The normalized spacial score (nSPS) is 22.1. The maximum atomic E-state index is 10.4. The van der Waals surface area contributed by atoms with Gasteiger partial charge in [-0.3, -0.25) is 0 Å². The Labute approximate surface area is 133 Å². The summed E-state index contributed by atoms with van der Waals surface area (Å²) in [5.41, 5.74) is 0.956. The largest absolute Gasteiger partial charge is 0.496 e. The first kappa shape index (κ1) is 14.7. The van der Waals surface area contributed by atoms with Crippen LogP contribution in [0.25, 0.3) is 0 Å². The Kier molecular flexibility index (Phi) is 4.09. The summed E-state index contributed by atoms with van der Waals surface area (Å²) < 4.78 is 12.1. The lowest BCUT2D eigenvalue weighted by Crippen LogP contribution is -2.02. The summed E-state index contributed by atoms with van der Waals surface area (Å²) in [6, 6.07) is 9.66. The van der Waals surface area contributed by atoms with Crippen molar-refractivity contribution in [3.8, 4) is 5.75 Å². The third-order valence-electron chi connectivity index (χ3n) is 4.11. The predicted molar refractivity (Wildman–Crippen MR) is 84.6 cm³/mol. The SMILES string of the molecule is COc1ccc(Br)cc1CC(O)c1ccc(C2CC2C)o1. The first-order valence-corrected chi connectivity index (χ1v) is 7.98. The van der Waals surface area contributed by atoms with Crippen LogP contribution in [0.2, 0.25) is 0 Å². The highest BCUT2D eigenvalue weighted by Crippen LogP contribution is 2.47. The monoisotopic (exact) mass is 350 g/mol. The first-order chi connectivity index (χ1) is 10.1. The Bertz CT molecular complexity index is 635. The second kappa shape index (κ2) is 5.85. The van der Waals surface area contributed by atoms with Crippen molar-refractivity contribution in [3.05, 3.63) is 51.9 Å². The summed E-state index contributed by atoms with van der Waals surface area (Å²) in [5, 5.41) is 10.4. The standard InChI is InChI=1S/C17H19BrO3/c1-10-7-13(10)16-5-6-17(21-16)14(19)9-11-8-12(18)3-4-15(11)20-2/h3-6,8,10,13-14,19H,7,9H2,1-2H3. The van der Waals surface area contributed by atoms with E-state index in [1.54, 1.807) is 7.11 Å². The molecule has 0 bridgehead atoms. The minimum absolute atomic E-state index is 0.468. The van der Waals surface area contributed by atoms with Gasteiger partial charge in [0.2, 0.25) is 0 Å². The van der Waals surface area contributed by atoms with Crippen LogP contribution in [0.1, 0.15) is 42.5 Å². The highest BCUT2D eigenvalue weighted by Gasteiger charge is 2.36. The number of halogens is 1. The number of ether oxygens (including phenoxy) is 1. The minimum atomic E-state index is -0.656. The molecule has 112 valence electrons. The van der Waals surface area contributed by atoms with E-state index in [4.69, 9.17) is 9.15 Å². The van der Waals surface area contributed by atoms with E-state index < -0.39 is 6.10 Å². The zero-order valence-corrected chi connectivity index (χ0v) is 13.8. The summed E-state index contributed by atoms with van der Waals surface area (Å²) in [6.07, 6.45) is 0.995. The summed E-state index contributed by atoms with van der Waals surface area (Å²) in [4.78, 5) is 0. The molecule has 3 nitrogen and oxygen atoms in total. The van der Waals surface area contributed by atoms with Gasteiger partial charge in [0.1, 0.15) is 23.4 Å². The quantitative estimate of drug-likeness (QED) is 0.865. The number of methoxy groups -OCH3 is 1. The molecular weight excluding hydrogens is 332 g/mol. The molecule has 3 atom stereocenters. The van der Waals surface area contributed by atoms with E-state index in [1.807, 2.05) is 30.3 Å². The van der Waals surface area contributed by atoms with Crippen molar-refractivity contribution in [1.29, 1.82) is 0 Å². The zero-order valence-electron chi connectivity index (χ0n) is 12.2. The smallest absolute Gasteiger partial charge is 0.133 e. The second-order valence-electron chi connectivity index (χ2n) is 5.74. The number of benzene rings is 1. The number of hydrogen-bond donors (Lipinski definition) is 1. The van der Waals surface area contributed by atoms with Crippen molar-refractivity contribution in [2.45, 2.75) is 31.8 Å². The van der Waals surface area contributed by atoms with E-state index in [1.165, 1.54) is 6.42 Å². The predicted octanol–water partition coefficient (Wildman–Crippen LogP) is 4.45. The average molecular weight is 351 g/mol. The lowest BCUT2D eigenvalue weighted by atomic mass is 10.1. The van der Waals surface area contributed by atoms with Crippen LogP contribution in [-0.2, 0) is 6.42 Å². The van der Waals surface area contributed by atoms with Gasteiger partial charge in [0.05, 0.1) is 7.11 Å². The van der Waals surface area contributed by atoms with Crippen LogP contribution in [0.15, 0.2) is 39.2 Å². The molecule has 21 heavy (non-hydrogen) atoms. The van der Waals surface area contributed by atoms with Crippen LogP contribution in [0.3, 0.4) is 0 Å². The van der Waals surface area contributed by atoms with Gasteiger partial charge >= 0.3 is 0 Å². The lowest BCUT2D eigenvalue weighted by Gasteiger charge is -2.12. The van der Waals surface area contributed by atoms with Gasteiger partial charge in [-0.1, -0.05) is 22.9 Å². The average Bonchev–Trinajstić information content (AvgIpc) is 3.00. The van der Waals surface area contributed by atoms with Crippen LogP contribution in [0, 0.1) is 5.92 Å². The summed E-state index contributed by atoms with van der Waals surface area (Å²) >= 11 is 3.45. The Balaban J connectivity index is 1.75. The van der Waals surface area contributed by atoms with Gasteiger partial charge in [-0.25, -0.2) is 0 Å². The highest BCUT2D eigenvalue weighted by molar-refractivity contribution is 9.10. The van der Waals surface area contributed by atoms with Crippen molar-refractivity contribution < 1.29 is 14.3 Å². The van der Waals surface area contributed by atoms with Gasteiger partial charge in [0.15, 0.2) is 0 Å². The molecule has 0 spiro atoms. The van der Waals surface area contributed by atoms with Crippen LogP contribution < -0.4 is 4.74 Å². The Morgan fingerprint density at radius 2 is 2.14 bits per heavy atom. The molecule has 1 fully saturated rings. The molecule has 1 heterocycles. The lowest BCUT2D eigenvalue weighted by molar-refractivity contribution is 0.147. The number of hydrogen-bond acceptors (Lipinski definition) is 3. The molecule has 3 unspecified atom stereocenters. The van der Waals surface area contributed by atoms with E-state index in [2.05, 4.69) is 22.9 Å². The maximum absolute atomic E-state index is 10.4. The van der Waals surface area contributed by atoms with Gasteiger partial charge in [0, 0.05) is 16.8 Å². The fourth-order valence-electron chi connectivity index (χ4n) is 2.68. The van der Waals surface area contributed by atoms with E-state index >= 15 is 0 Å². The van der Waals surface area contributed by atoms with Gasteiger partial charge in [-0.15, -0.1) is 0 Å². The molecule has 3 rings (SSSR count). The van der Waals surface area contributed by atoms with Crippen molar-refractivity contribution in [2.75, 3.05) is 7.11 Å². The van der Waals surface area contributed by atoms with Gasteiger partial charge in [-0.05, 0) is 48.2 Å². The Hall–Kier alpha value is -1.26. The molecule has 0 saturated heterocycles. The van der Waals surface area contributed by atoms with E-state index in [0.29, 0.717) is 24.0 Å². The molecule has 0 aliphatic heterocycles. The molecular formula is C17H19BrO3. The molecule has 1 saturated carbocycles. The summed E-state index contributed by atoms with van der Waals surface area (Å²) in [5.74, 6) is 3.64. The van der Waals surface area contributed by atoms with Crippen molar-refractivity contribution >= 4 is 15.9 Å². The van der Waals surface area contributed by atoms with Crippen LogP contribution in [-0.4, -0.2) is 12.2 Å². The Morgan fingerprint density at radius 3 is 2.81 bits per heavy atom. The molecule has 0 radical (unpaired) electrons. The first-order valence-electron chi connectivity index (χ1n) is 7.18. The van der Waals surface area contributed by atoms with E-state index in [9.17, 15) is 5.11 Å². The number of furan rings is 1. The number of aliphatic hydroxyl groups excluding tert-OH is 1. The zero-order chi connectivity index (χ0) is 15.0. The van der Waals surface area contributed by atoms with Gasteiger partial charge in [-0.2, -0.15) is 0 Å². The van der Waals surface area contributed by atoms with Gasteiger partial charge in [0.25, 0.3) is 0 Å². The fourth-order valence-corrected chi connectivity index (χ4v) is 3.09. The second-order valence-corrected chi connectivity index (χ2v) is 6.65. The molecule has 1 aliphatic rings. The molecule has 0 amide bonds. The molecule has 1 aliphatic carbocycles. The molecule has 1 aromatic heterocycles. The van der Waals surface area contributed by atoms with Crippen LogP contribution in [0.5, 0.6) is 5.75 Å². The maximum Gasteiger partial charge on any atom is 0.133 e. The fraction of sp³-hybridized carbons (Fsp3) is 0.412. The van der Waals surface area contributed by atoms with Crippen LogP contribution in [0.4, 0.5) is 0 Å². The van der Waals surface area contributed by atoms with Crippen LogP contribution >= 0.6 is 15.9 Å². The molecule has 2 aromatic rings. The number of aliphatic hydroxyl groups is 1. The number of rotatable bonds is 5. The van der Waals surface area contributed by atoms with Crippen molar-refractivity contribution in [3.63, 3.8) is 0 Å². The molecule has 4 heteroatoms. The third-order valence-corrected chi connectivity index (χ3v) is 4.60. The van der Waals surface area contributed by atoms with Gasteiger partial charge < -0.3 is 14.3 Å². The summed E-state index contributed by atoms with van der Waals surface area (Å²) in [6.45, 7) is 2.22. The third kappa shape index (κ3) is 3.16. The topological polar surface area (TPSA) is 42.6 Å². The minimum Gasteiger partial charge on any atom is -0.496 e. The van der Waals surface area contributed by atoms with E-state index in [0.717, 1.165) is 21.5 Å². The van der Waals surface area contributed by atoms with Crippen molar-refractivity contribution in [2.24, 2.45) is 5.92 Å². The highest BCUT2D eigenvalue weighted by atomic mass is 79.9. The Morgan fingerprint density at radius 1 is 1.38 bits per heavy atom.